The molecular formula is C16H21FN2OS. The van der Waals surface area contributed by atoms with Crippen molar-refractivity contribution in [1.29, 1.82) is 0 Å². The normalized spacial score (nSPS) is 10.6. The average molecular weight is 308 g/mol. The molecule has 2 rings (SSSR count). The molecule has 0 aliphatic heterocycles. The van der Waals surface area contributed by atoms with E-state index in [1.807, 2.05) is 18.4 Å². The number of anilines is 2. The first kappa shape index (κ1) is 15.6. The summed E-state index contributed by atoms with van der Waals surface area (Å²) in [6.45, 7) is 6.10. The quantitative estimate of drug-likeness (QED) is 0.776. The minimum atomic E-state index is -0.406. The molecule has 0 aliphatic rings. The monoisotopic (exact) mass is 308 g/mol. The average Bonchev–Trinajstić information content (AvgIpc) is 2.97. The predicted molar refractivity (Wildman–Crippen MR) is 87.6 cm³/mol. The molecule has 114 valence electrons. The predicted octanol–water partition coefficient (Wildman–Crippen LogP) is 4.28. The zero-order chi connectivity index (χ0) is 15.2. The highest BCUT2D eigenvalue weighted by Crippen LogP contribution is 2.32. The van der Waals surface area contributed by atoms with Crippen LogP contribution < -0.4 is 15.4 Å². The van der Waals surface area contributed by atoms with Crippen LogP contribution in [0.5, 0.6) is 5.75 Å². The molecule has 1 heterocycles. The van der Waals surface area contributed by atoms with Gasteiger partial charge in [0, 0.05) is 23.6 Å². The van der Waals surface area contributed by atoms with Crippen LogP contribution in [0.15, 0.2) is 29.6 Å². The van der Waals surface area contributed by atoms with Gasteiger partial charge >= 0.3 is 0 Å². The van der Waals surface area contributed by atoms with E-state index in [0.29, 0.717) is 12.3 Å². The third-order valence-corrected chi connectivity index (χ3v) is 4.05. The lowest BCUT2D eigenvalue weighted by Crippen LogP contribution is -2.22. The maximum atomic E-state index is 13.9. The Balaban J connectivity index is 2.26. The van der Waals surface area contributed by atoms with Crippen LogP contribution in [0.25, 0.3) is 0 Å². The molecular weight excluding hydrogens is 287 g/mol. The lowest BCUT2D eigenvalue weighted by molar-refractivity contribution is 0.301. The number of ether oxygens (including phenoxy) is 1. The first-order valence-corrected chi connectivity index (χ1v) is 8.02. The minimum absolute atomic E-state index is 0.269. The van der Waals surface area contributed by atoms with E-state index in [9.17, 15) is 4.39 Å². The molecule has 3 nitrogen and oxygen atoms in total. The van der Waals surface area contributed by atoms with Gasteiger partial charge in [-0.05, 0) is 24.8 Å². The number of hydrogen-bond donors (Lipinski definition) is 1. The van der Waals surface area contributed by atoms with Crippen molar-refractivity contribution in [2.24, 2.45) is 0 Å². The Hall–Kier alpha value is -1.75. The van der Waals surface area contributed by atoms with E-state index in [0.717, 1.165) is 25.2 Å². The maximum absolute atomic E-state index is 13.9. The van der Waals surface area contributed by atoms with Gasteiger partial charge in [0.1, 0.15) is 0 Å². The number of thiophene rings is 1. The van der Waals surface area contributed by atoms with Gasteiger partial charge in [-0.3, -0.25) is 0 Å². The number of rotatable bonds is 7. The molecule has 0 unspecified atom stereocenters. The van der Waals surface area contributed by atoms with Crippen molar-refractivity contribution < 1.29 is 9.13 Å². The van der Waals surface area contributed by atoms with Crippen LogP contribution in [0.2, 0.25) is 0 Å². The molecule has 2 aromatic rings. The highest BCUT2D eigenvalue weighted by molar-refractivity contribution is 7.09. The summed E-state index contributed by atoms with van der Waals surface area (Å²) in [4.78, 5) is 3.37. The molecule has 5 heteroatoms. The van der Waals surface area contributed by atoms with Gasteiger partial charge in [-0.2, -0.15) is 0 Å². The van der Waals surface area contributed by atoms with E-state index in [1.165, 1.54) is 10.9 Å². The summed E-state index contributed by atoms with van der Waals surface area (Å²) in [7, 11) is 0. The fourth-order valence-corrected chi connectivity index (χ4v) is 2.83. The van der Waals surface area contributed by atoms with E-state index in [1.54, 1.807) is 17.4 Å². The fraction of sp³-hybridized carbons (Fsp3) is 0.375. The summed E-state index contributed by atoms with van der Waals surface area (Å²) in [6, 6.07) is 7.16. The van der Waals surface area contributed by atoms with Gasteiger partial charge in [0.2, 0.25) is 0 Å². The minimum Gasteiger partial charge on any atom is -0.490 e. The molecule has 21 heavy (non-hydrogen) atoms. The standard InChI is InChI=1S/C16H21FN2OS/c1-3-7-20-16-10-15(14(18)9-13(16)17)19(4-2)11-12-6-5-8-21-12/h5-6,8-10H,3-4,7,11,18H2,1-2H3. The molecule has 0 spiro atoms. The summed E-state index contributed by atoms with van der Waals surface area (Å²) < 4.78 is 19.3. The van der Waals surface area contributed by atoms with Crippen LogP contribution in [0.4, 0.5) is 15.8 Å². The third kappa shape index (κ3) is 3.88. The third-order valence-electron chi connectivity index (χ3n) is 3.19. The van der Waals surface area contributed by atoms with Crippen molar-refractivity contribution in [1.82, 2.24) is 0 Å². The van der Waals surface area contributed by atoms with Gasteiger partial charge < -0.3 is 15.4 Å². The molecule has 0 fully saturated rings. The molecule has 0 bridgehead atoms. The number of benzene rings is 1. The van der Waals surface area contributed by atoms with Gasteiger partial charge in [0.15, 0.2) is 11.6 Å². The number of nitrogens with zero attached hydrogens (tertiary/aromatic N) is 1. The van der Waals surface area contributed by atoms with E-state index in [4.69, 9.17) is 10.5 Å². The zero-order valence-corrected chi connectivity index (χ0v) is 13.3. The first-order valence-electron chi connectivity index (χ1n) is 7.14. The van der Waals surface area contributed by atoms with Gasteiger partial charge in [-0.15, -0.1) is 11.3 Å². The second-order valence-corrected chi connectivity index (χ2v) is 5.82. The van der Waals surface area contributed by atoms with Gasteiger partial charge in [-0.1, -0.05) is 13.0 Å². The Morgan fingerprint density at radius 2 is 2.14 bits per heavy atom. The summed E-state index contributed by atoms with van der Waals surface area (Å²) >= 11 is 1.70. The Bertz CT molecular complexity index is 572. The molecule has 1 aromatic heterocycles. The summed E-state index contributed by atoms with van der Waals surface area (Å²) in [5, 5.41) is 2.05. The van der Waals surface area contributed by atoms with Crippen LogP contribution in [0.3, 0.4) is 0 Å². The van der Waals surface area contributed by atoms with E-state index < -0.39 is 5.82 Å². The second-order valence-electron chi connectivity index (χ2n) is 4.78. The summed E-state index contributed by atoms with van der Waals surface area (Å²) in [6.07, 6.45) is 0.839. The Morgan fingerprint density at radius 1 is 1.33 bits per heavy atom. The molecule has 0 saturated heterocycles. The molecule has 0 aliphatic carbocycles. The Morgan fingerprint density at radius 3 is 2.76 bits per heavy atom. The lowest BCUT2D eigenvalue weighted by atomic mass is 10.2. The number of halogens is 1. The second kappa shape index (κ2) is 7.31. The van der Waals surface area contributed by atoms with Crippen molar-refractivity contribution in [2.45, 2.75) is 26.8 Å². The van der Waals surface area contributed by atoms with Crippen molar-refractivity contribution in [3.63, 3.8) is 0 Å². The van der Waals surface area contributed by atoms with E-state index in [-0.39, 0.29) is 5.75 Å². The topological polar surface area (TPSA) is 38.5 Å². The van der Waals surface area contributed by atoms with Gasteiger partial charge in [0.25, 0.3) is 0 Å². The summed E-state index contributed by atoms with van der Waals surface area (Å²) in [5.74, 6) is -0.137. The van der Waals surface area contributed by atoms with E-state index >= 15 is 0 Å². The smallest absolute Gasteiger partial charge is 0.167 e. The van der Waals surface area contributed by atoms with Crippen molar-refractivity contribution >= 4 is 22.7 Å². The van der Waals surface area contributed by atoms with Gasteiger partial charge in [0.05, 0.1) is 24.5 Å². The Labute approximate surface area is 129 Å². The molecule has 0 radical (unpaired) electrons. The molecule has 0 amide bonds. The van der Waals surface area contributed by atoms with E-state index in [2.05, 4.69) is 17.9 Å². The van der Waals surface area contributed by atoms with Crippen molar-refractivity contribution in [3.05, 3.63) is 40.3 Å². The SMILES string of the molecule is CCCOc1cc(N(CC)Cc2cccs2)c(N)cc1F. The largest absolute Gasteiger partial charge is 0.490 e. The highest BCUT2D eigenvalue weighted by Gasteiger charge is 2.14. The highest BCUT2D eigenvalue weighted by atomic mass is 32.1. The van der Waals surface area contributed by atoms with Crippen LogP contribution in [0, 0.1) is 5.82 Å². The molecule has 0 atom stereocenters. The number of nitrogens with two attached hydrogens (primary N) is 1. The van der Waals surface area contributed by atoms with Crippen molar-refractivity contribution in [3.8, 4) is 5.75 Å². The van der Waals surface area contributed by atoms with Crippen molar-refractivity contribution in [2.75, 3.05) is 23.8 Å². The van der Waals surface area contributed by atoms with Crippen LogP contribution in [-0.2, 0) is 6.54 Å². The van der Waals surface area contributed by atoms with Gasteiger partial charge in [-0.25, -0.2) is 4.39 Å². The number of nitrogen functional groups attached to an aromatic ring is 1. The first-order chi connectivity index (χ1) is 10.2. The maximum Gasteiger partial charge on any atom is 0.167 e. The van der Waals surface area contributed by atoms with Crippen LogP contribution in [-0.4, -0.2) is 13.2 Å². The molecule has 2 N–H and O–H groups in total. The lowest BCUT2D eigenvalue weighted by Gasteiger charge is -2.25. The fourth-order valence-electron chi connectivity index (χ4n) is 2.11. The number of hydrogen-bond acceptors (Lipinski definition) is 4. The Kier molecular flexibility index (Phi) is 5.44. The van der Waals surface area contributed by atoms with Crippen LogP contribution in [0.1, 0.15) is 25.1 Å². The van der Waals surface area contributed by atoms with Crippen LogP contribution >= 0.6 is 11.3 Å². The molecule has 1 aromatic carbocycles. The zero-order valence-electron chi connectivity index (χ0n) is 12.4. The molecule has 0 saturated carbocycles. The summed E-state index contributed by atoms with van der Waals surface area (Å²) in [5.41, 5.74) is 7.25.